The predicted molar refractivity (Wildman–Crippen MR) is 84.0 cm³/mol. The highest BCUT2D eigenvalue weighted by Gasteiger charge is 2.05. The zero-order valence-electron chi connectivity index (χ0n) is 11.2. The Bertz CT molecular complexity index is 412. The lowest BCUT2D eigenvalue weighted by Gasteiger charge is -2.07. The van der Waals surface area contributed by atoms with E-state index < -0.39 is 0 Å². The van der Waals surface area contributed by atoms with Crippen LogP contribution in [0.15, 0.2) is 23.1 Å². The lowest BCUT2D eigenvalue weighted by molar-refractivity contribution is -0.116. The van der Waals surface area contributed by atoms with Crippen molar-refractivity contribution < 1.29 is 4.79 Å². The quantitative estimate of drug-likeness (QED) is 0.565. The van der Waals surface area contributed by atoms with Gasteiger partial charge in [0.1, 0.15) is 0 Å². The zero-order valence-corrected chi connectivity index (χ0v) is 12.8. The Morgan fingerprint density at radius 2 is 2.05 bits per heavy atom. The van der Waals surface area contributed by atoms with Gasteiger partial charge < -0.3 is 11.1 Å². The van der Waals surface area contributed by atoms with E-state index in [1.54, 1.807) is 17.8 Å². The van der Waals surface area contributed by atoms with Crippen LogP contribution in [0.25, 0.3) is 0 Å². The summed E-state index contributed by atoms with van der Waals surface area (Å²) in [4.78, 5) is 12.7. The molecule has 106 valence electrons. The van der Waals surface area contributed by atoms with Gasteiger partial charge in [0.05, 0.1) is 5.02 Å². The van der Waals surface area contributed by atoms with Crippen LogP contribution in [0.2, 0.25) is 5.02 Å². The van der Waals surface area contributed by atoms with Gasteiger partial charge in [-0.15, -0.1) is 11.8 Å². The Morgan fingerprint density at radius 3 is 2.68 bits per heavy atom. The minimum absolute atomic E-state index is 0.0423. The summed E-state index contributed by atoms with van der Waals surface area (Å²) in [6, 6.07) is 5.59. The van der Waals surface area contributed by atoms with E-state index in [4.69, 9.17) is 17.3 Å². The number of anilines is 1. The average molecular weight is 301 g/mol. The lowest BCUT2D eigenvalue weighted by Crippen LogP contribution is -2.11. The van der Waals surface area contributed by atoms with Gasteiger partial charge in [0.2, 0.25) is 5.91 Å². The smallest absolute Gasteiger partial charge is 0.224 e. The molecule has 1 aromatic carbocycles. The summed E-state index contributed by atoms with van der Waals surface area (Å²) in [5, 5.41) is 3.54. The van der Waals surface area contributed by atoms with Gasteiger partial charge in [0.25, 0.3) is 0 Å². The van der Waals surface area contributed by atoms with Crippen molar-refractivity contribution in [2.24, 2.45) is 5.73 Å². The van der Waals surface area contributed by atoms with Crippen molar-refractivity contribution in [1.29, 1.82) is 0 Å². The van der Waals surface area contributed by atoms with Gasteiger partial charge in [0.15, 0.2) is 0 Å². The number of benzene rings is 1. The maximum Gasteiger partial charge on any atom is 0.224 e. The highest BCUT2D eigenvalue weighted by molar-refractivity contribution is 7.98. The average Bonchev–Trinajstić information content (AvgIpc) is 2.39. The number of nitrogens with one attached hydrogen (secondary N) is 1. The van der Waals surface area contributed by atoms with Gasteiger partial charge >= 0.3 is 0 Å². The second kappa shape index (κ2) is 9.23. The molecule has 0 atom stereocenters. The molecule has 0 saturated carbocycles. The molecule has 5 heteroatoms. The number of hydrogen-bond donors (Lipinski definition) is 2. The van der Waals surface area contributed by atoms with Gasteiger partial charge in [-0.3, -0.25) is 4.79 Å². The van der Waals surface area contributed by atoms with Crippen LogP contribution < -0.4 is 11.1 Å². The number of nitrogens with two attached hydrogens (primary N) is 1. The minimum atomic E-state index is 0.0423. The first-order valence-corrected chi connectivity index (χ1v) is 8.11. The number of amides is 1. The molecule has 0 radical (unpaired) electrons. The number of carbonyl (C=O) groups excluding carboxylic acids is 1. The van der Waals surface area contributed by atoms with E-state index in [0.717, 1.165) is 42.8 Å². The minimum Gasteiger partial charge on any atom is -0.330 e. The van der Waals surface area contributed by atoms with Crippen molar-refractivity contribution >= 4 is 35.0 Å². The molecular weight excluding hydrogens is 280 g/mol. The van der Waals surface area contributed by atoms with Crippen LogP contribution in [-0.4, -0.2) is 18.7 Å². The molecule has 1 rings (SSSR count). The van der Waals surface area contributed by atoms with Crippen LogP contribution in [0.4, 0.5) is 5.69 Å². The number of halogens is 1. The Morgan fingerprint density at radius 1 is 1.32 bits per heavy atom. The van der Waals surface area contributed by atoms with Crippen molar-refractivity contribution in [2.45, 2.75) is 37.0 Å². The van der Waals surface area contributed by atoms with Crippen molar-refractivity contribution in [3.8, 4) is 0 Å². The van der Waals surface area contributed by atoms with E-state index in [1.807, 2.05) is 18.4 Å². The molecule has 3 N–H and O–H groups in total. The maximum absolute atomic E-state index is 11.7. The number of hydrogen-bond acceptors (Lipinski definition) is 3. The number of thioether (sulfide) groups is 1. The van der Waals surface area contributed by atoms with E-state index in [-0.39, 0.29) is 5.91 Å². The van der Waals surface area contributed by atoms with Crippen LogP contribution in [0.1, 0.15) is 32.1 Å². The van der Waals surface area contributed by atoms with E-state index in [9.17, 15) is 4.79 Å². The number of rotatable bonds is 8. The van der Waals surface area contributed by atoms with Crippen molar-refractivity contribution in [2.75, 3.05) is 18.1 Å². The fourth-order valence-corrected chi connectivity index (χ4v) is 2.62. The molecule has 0 unspecified atom stereocenters. The standard InChI is InChI=1S/C14H21ClN2OS/c1-19-13-8-7-11(10-12(13)15)17-14(18)6-4-2-3-5-9-16/h7-8,10H,2-6,9,16H2,1H3,(H,17,18). The summed E-state index contributed by atoms with van der Waals surface area (Å²) < 4.78 is 0. The van der Waals surface area contributed by atoms with Crippen molar-refractivity contribution in [1.82, 2.24) is 0 Å². The van der Waals surface area contributed by atoms with Crippen LogP contribution in [0.3, 0.4) is 0 Å². The van der Waals surface area contributed by atoms with E-state index in [0.29, 0.717) is 11.4 Å². The molecule has 19 heavy (non-hydrogen) atoms. The zero-order chi connectivity index (χ0) is 14.1. The van der Waals surface area contributed by atoms with Gasteiger partial charge in [-0.25, -0.2) is 0 Å². The molecule has 0 bridgehead atoms. The summed E-state index contributed by atoms with van der Waals surface area (Å²) in [7, 11) is 0. The third-order valence-corrected chi connectivity index (χ3v) is 4.01. The normalized spacial score (nSPS) is 10.5. The Kier molecular flexibility index (Phi) is 7.94. The molecule has 0 aliphatic rings. The fourth-order valence-electron chi connectivity index (χ4n) is 1.75. The molecule has 1 aromatic rings. The van der Waals surface area contributed by atoms with Crippen molar-refractivity contribution in [3.05, 3.63) is 23.2 Å². The maximum atomic E-state index is 11.7. The molecule has 0 saturated heterocycles. The topological polar surface area (TPSA) is 55.1 Å². The lowest BCUT2D eigenvalue weighted by atomic mass is 10.1. The molecule has 3 nitrogen and oxygen atoms in total. The van der Waals surface area contributed by atoms with Gasteiger partial charge in [-0.2, -0.15) is 0 Å². The second-order valence-corrected chi connectivity index (χ2v) is 5.61. The first-order valence-electron chi connectivity index (χ1n) is 6.51. The van der Waals surface area contributed by atoms with Gasteiger partial charge in [-0.1, -0.05) is 24.4 Å². The molecule has 0 aliphatic heterocycles. The van der Waals surface area contributed by atoms with Crippen molar-refractivity contribution in [3.63, 3.8) is 0 Å². The third-order valence-electron chi connectivity index (χ3n) is 2.79. The number of unbranched alkanes of at least 4 members (excludes halogenated alkanes) is 3. The summed E-state index contributed by atoms with van der Waals surface area (Å²) in [5.41, 5.74) is 6.18. The van der Waals surface area contributed by atoms with Gasteiger partial charge in [-0.05, 0) is 43.8 Å². The summed E-state index contributed by atoms with van der Waals surface area (Å²) >= 11 is 7.68. The Labute approximate surface area is 124 Å². The number of carbonyl (C=O) groups is 1. The first-order chi connectivity index (χ1) is 9.17. The monoisotopic (exact) mass is 300 g/mol. The molecular formula is C14H21ClN2OS. The van der Waals surface area contributed by atoms with E-state index in [2.05, 4.69) is 5.32 Å². The largest absolute Gasteiger partial charge is 0.330 e. The highest BCUT2D eigenvalue weighted by Crippen LogP contribution is 2.28. The van der Waals surface area contributed by atoms with E-state index >= 15 is 0 Å². The third kappa shape index (κ3) is 6.32. The molecule has 0 fully saturated rings. The second-order valence-electron chi connectivity index (χ2n) is 4.35. The highest BCUT2D eigenvalue weighted by atomic mass is 35.5. The predicted octanol–water partition coefficient (Wildman–Crippen LogP) is 3.91. The Hall–Kier alpha value is -0.710. The molecule has 0 aromatic heterocycles. The molecule has 1 amide bonds. The van der Waals surface area contributed by atoms with Crippen LogP contribution in [0.5, 0.6) is 0 Å². The van der Waals surface area contributed by atoms with E-state index in [1.165, 1.54) is 0 Å². The molecule has 0 aliphatic carbocycles. The summed E-state index contributed by atoms with van der Waals surface area (Å²) in [5.74, 6) is 0.0423. The van der Waals surface area contributed by atoms with Crippen LogP contribution in [-0.2, 0) is 4.79 Å². The summed E-state index contributed by atoms with van der Waals surface area (Å²) in [6.07, 6.45) is 6.61. The molecule has 0 spiro atoms. The first kappa shape index (κ1) is 16.3. The van der Waals surface area contributed by atoms with Gasteiger partial charge in [0, 0.05) is 17.0 Å². The molecule has 0 heterocycles. The Balaban J connectivity index is 2.34. The fraction of sp³-hybridized carbons (Fsp3) is 0.500. The van der Waals surface area contributed by atoms with Crippen LogP contribution >= 0.6 is 23.4 Å². The SMILES string of the molecule is CSc1ccc(NC(=O)CCCCCCN)cc1Cl. The summed E-state index contributed by atoms with van der Waals surface area (Å²) in [6.45, 7) is 0.729. The van der Waals surface area contributed by atoms with Crippen LogP contribution in [0, 0.1) is 0 Å².